The molecule has 0 radical (unpaired) electrons. The summed E-state index contributed by atoms with van der Waals surface area (Å²) in [7, 11) is 0. The summed E-state index contributed by atoms with van der Waals surface area (Å²) in [6.45, 7) is 5.11. The average Bonchev–Trinajstić information content (AvgIpc) is 3.36. The van der Waals surface area contributed by atoms with Crippen LogP contribution in [-0.2, 0) is 19.2 Å². The molecule has 0 aliphatic carbocycles. The first-order chi connectivity index (χ1) is 16.2. The molecule has 2 heterocycles. The lowest BCUT2D eigenvalue weighted by Gasteiger charge is -2.24. The Morgan fingerprint density at radius 1 is 0.941 bits per heavy atom. The van der Waals surface area contributed by atoms with Gasteiger partial charge < -0.3 is 31.1 Å². The molecule has 0 saturated carbocycles. The van der Waals surface area contributed by atoms with Crippen molar-refractivity contribution < 1.29 is 29.0 Å². The molecule has 0 spiro atoms. The first kappa shape index (κ1) is 27.1. The Morgan fingerprint density at radius 3 is 1.82 bits per heavy atom. The van der Waals surface area contributed by atoms with Gasteiger partial charge in [-0.25, -0.2) is 0 Å². The number of carbonyl (C=O) groups excluding carboxylic acids is 4. The van der Waals surface area contributed by atoms with Crippen LogP contribution in [0.3, 0.4) is 0 Å². The van der Waals surface area contributed by atoms with Crippen molar-refractivity contribution >= 4 is 23.6 Å². The van der Waals surface area contributed by atoms with Crippen LogP contribution in [0.2, 0.25) is 0 Å². The monoisotopic (exact) mass is 476 g/mol. The Labute approximate surface area is 200 Å². The maximum absolute atomic E-state index is 12.0. The van der Waals surface area contributed by atoms with Crippen molar-refractivity contribution in [2.45, 2.75) is 51.6 Å². The van der Waals surface area contributed by atoms with Crippen molar-refractivity contribution in [3.8, 4) is 5.75 Å². The Hall–Kier alpha value is -3.14. The zero-order chi connectivity index (χ0) is 25.3. The molecule has 0 bridgehead atoms. The lowest BCUT2D eigenvalue weighted by Crippen LogP contribution is -2.45. The quantitative estimate of drug-likeness (QED) is 0.440. The zero-order valence-corrected chi connectivity index (χ0v) is 19.9. The van der Waals surface area contributed by atoms with Gasteiger partial charge in [0.15, 0.2) is 0 Å². The van der Waals surface area contributed by atoms with E-state index in [2.05, 4.69) is 0 Å². The van der Waals surface area contributed by atoms with Crippen LogP contribution < -0.4 is 16.2 Å². The number of likely N-dealkylation sites (tertiary alicyclic amines) is 2. The number of aliphatic hydroxyl groups is 1. The van der Waals surface area contributed by atoms with Crippen molar-refractivity contribution in [2.75, 3.05) is 26.3 Å². The number of aliphatic hydroxyl groups excluding tert-OH is 1. The van der Waals surface area contributed by atoms with Crippen LogP contribution in [-0.4, -0.2) is 76.9 Å². The van der Waals surface area contributed by atoms with Crippen LogP contribution in [0.5, 0.6) is 5.75 Å². The largest absolute Gasteiger partial charge is 0.493 e. The number of hydrogen-bond donors (Lipinski definition) is 3. The summed E-state index contributed by atoms with van der Waals surface area (Å²) >= 11 is 0. The predicted molar refractivity (Wildman–Crippen MR) is 125 cm³/mol. The molecule has 3 rings (SSSR count). The highest BCUT2D eigenvalue weighted by molar-refractivity contribution is 5.88. The minimum Gasteiger partial charge on any atom is -0.493 e. The van der Waals surface area contributed by atoms with Gasteiger partial charge >= 0.3 is 0 Å². The Bertz CT molecular complexity index is 849. The molecule has 2 aliphatic heterocycles. The highest BCUT2D eigenvalue weighted by Gasteiger charge is 2.36. The minimum absolute atomic E-state index is 0.0164. The van der Waals surface area contributed by atoms with Gasteiger partial charge in [0, 0.05) is 44.4 Å². The number of ether oxygens (including phenoxy) is 1. The van der Waals surface area contributed by atoms with Crippen LogP contribution in [0.15, 0.2) is 30.3 Å². The lowest BCUT2D eigenvalue weighted by atomic mass is 10.1. The van der Waals surface area contributed by atoms with Crippen LogP contribution in [0.4, 0.5) is 0 Å². The van der Waals surface area contributed by atoms with Gasteiger partial charge in [-0.05, 0) is 25.0 Å². The van der Waals surface area contributed by atoms with E-state index in [1.165, 1.54) is 4.90 Å². The fourth-order valence-electron chi connectivity index (χ4n) is 4.33. The van der Waals surface area contributed by atoms with E-state index in [9.17, 15) is 19.2 Å². The van der Waals surface area contributed by atoms with E-state index in [1.807, 2.05) is 44.2 Å². The summed E-state index contributed by atoms with van der Waals surface area (Å²) in [5, 5.41) is 8.90. The third-order valence-corrected chi connectivity index (χ3v) is 6.15. The number of rotatable bonds is 10. The van der Waals surface area contributed by atoms with Gasteiger partial charge in [-0.2, -0.15) is 0 Å². The molecule has 10 nitrogen and oxygen atoms in total. The predicted octanol–water partition coefficient (Wildman–Crippen LogP) is 0.269. The summed E-state index contributed by atoms with van der Waals surface area (Å²) in [4.78, 5) is 48.8. The van der Waals surface area contributed by atoms with Crippen LogP contribution >= 0.6 is 0 Å². The minimum atomic E-state index is -0.515. The molecule has 4 atom stereocenters. The number of nitrogens with zero attached hydrogens (tertiary/aromatic N) is 2. The topological polar surface area (TPSA) is 156 Å². The van der Waals surface area contributed by atoms with E-state index in [4.69, 9.17) is 21.3 Å². The summed E-state index contributed by atoms with van der Waals surface area (Å²) < 4.78 is 5.67. The van der Waals surface area contributed by atoms with Gasteiger partial charge in [0.25, 0.3) is 0 Å². The first-order valence-electron chi connectivity index (χ1n) is 11.7. The van der Waals surface area contributed by atoms with Gasteiger partial charge in [-0.3, -0.25) is 19.2 Å². The van der Waals surface area contributed by atoms with Crippen LogP contribution in [0.1, 0.15) is 39.5 Å². The molecule has 2 aliphatic rings. The summed E-state index contributed by atoms with van der Waals surface area (Å²) in [6.07, 6.45) is 1.81. The van der Waals surface area contributed by atoms with Gasteiger partial charge in [-0.1, -0.05) is 32.0 Å². The van der Waals surface area contributed by atoms with Crippen LogP contribution in [0, 0.1) is 11.8 Å². The third kappa shape index (κ3) is 7.18. The summed E-state index contributed by atoms with van der Waals surface area (Å²) in [6, 6.07) is 8.48. The highest BCUT2D eigenvalue weighted by atomic mass is 16.5. The van der Waals surface area contributed by atoms with E-state index >= 15 is 0 Å². The fourth-order valence-corrected chi connectivity index (χ4v) is 4.33. The maximum Gasteiger partial charge on any atom is 0.240 e. The van der Waals surface area contributed by atoms with Crippen LogP contribution in [0.25, 0.3) is 0 Å². The molecule has 5 N–H and O–H groups in total. The number of benzene rings is 1. The first-order valence-corrected chi connectivity index (χ1v) is 11.7. The zero-order valence-electron chi connectivity index (χ0n) is 19.9. The van der Waals surface area contributed by atoms with E-state index in [-0.39, 0.29) is 30.3 Å². The van der Waals surface area contributed by atoms with E-state index in [0.29, 0.717) is 45.4 Å². The van der Waals surface area contributed by atoms with Crippen molar-refractivity contribution in [2.24, 2.45) is 23.3 Å². The molecule has 4 amide bonds. The van der Waals surface area contributed by atoms with Crippen molar-refractivity contribution in [3.63, 3.8) is 0 Å². The maximum atomic E-state index is 12.0. The van der Waals surface area contributed by atoms with Gasteiger partial charge in [0.2, 0.25) is 23.6 Å². The van der Waals surface area contributed by atoms with E-state index < -0.39 is 23.9 Å². The fraction of sp³-hybridized carbons (Fsp3) is 0.583. The lowest BCUT2D eigenvalue weighted by molar-refractivity contribution is -0.136. The number of para-hydroxylation sites is 1. The second-order valence-electron chi connectivity index (χ2n) is 8.69. The van der Waals surface area contributed by atoms with Crippen molar-refractivity contribution in [1.82, 2.24) is 9.80 Å². The van der Waals surface area contributed by atoms with Gasteiger partial charge in [0.05, 0.1) is 6.61 Å². The molecule has 2 unspecified atom stereocenters. The number of primary amides is 2. The van der Waals surface area contributed by atoms with Crippen molar-refractivity contribution in [1.29, 1.82) is 0 Å². The second-order valence-corrected chi connectivity index (χ2v) is 8.69. The number of carbonyl (C=O) groups is 4. The van der Waals surface area contributed by atoms with Gasteiger partial charge in [-0.15, -0.1) is 0 Å². The molecule has 0 aromatic heterocycles. The smallest absolute Gasteiger partial charge is 0.240 e. The Balaban J connectivity index is 0.000000257. The van der Waals surface area contributed by atoms with Gasteiger partial charge in [0.1, 0.15) is 17.8 Å². The van der Waals surface area contributed by atoms with E-state index in [0.717, 1.165) is 5.75 Å². The average molecular weight is 477 g/mol. The molecule has 188 valence electrons. The Morgan fingerprint density at radius 2 is 1.41 bits per heavy atom. The number of amides is 4. The molecule has 10 heteroatoms. The third-order valence-electron chi connectivity index (χ3n) is 6.15. The molecule has 1 aromatic rings. The second kappa shape index (κ2) is 12.9. The summed E-state index contributed by atoms with van der Waals surface area (Å²) in [5.41, 5.74) is 10.5. The molecular formula is C24H36N4O6. The molecule has 34 heavy (non-hydrogen) atoms. The SMILES string of the molecule is CC[C@@H](C(N)=O)N1CC(CO)CC1=O.CC[C@@H](C(N)=O)N1CC(COc2ccccc2)CC1=O. The highest BCUT2D eigenvalue weighted by Crippen LogP contribution is 2.23. The molecule has 1 aromatic carbocycles. The Kier molecular flexibility index (Phi) is 10.3. The normalized spacial score (nSPS) is 21.6. The standard InChI is InChI=1S/C15H20N2O3.C9H16N2O3/c1-2-13(15(16)19)17-9-11(8-14(17)18)10-20-12-6-4-3-5-7-12;1-2-7(9(10)14)11-4-6(5-12)3-8(11)13/h3-7,11,13H,2,8-10H2,1H3,(H2,16,19);6-7,12H,2-5H2,1H3,(H2,10,14)/t11?,13-;6?,7-/m00/s1. The molecule has 2 fully saturated rings. The molecular weight excluding hydrogens is 440 g/mol. The van der Waals surface area contributed by atoms with E-state index in [1.54, 1.807) is 4.90 Å². The number of hydrogen-bond acceptors (Lipinski definition) is 6. The molecule has 2 saturated heterocycles. The van der Waals surface area contributed by atoms with Crippen molar-refractivity contribution in [3.05, 3.63) is 30.3 Å². The number of nitrogens with two attached hydrogens (primary N) is 2. The summed E-state index contributed by atoms with van der Waals surface area (Å²) in [5.74, 6) is -0.163.